The average molecular weight is 320 g/mol. The minimum Gasteiger partial charge on any atom is -0.505 e. The van der Waals surface area contributed by atoms with Gasteiger partial charge in [-0.25, -0.2) is 0 Å². The molecule has 0 saturated carbocycles. The fourth-order valence-corrected chi connectivity index (χ4v) is 3.86. The van der Waals surface area contributed by atoms with E-state index in [1.165, 1.54) is 29.7 Å². The Morgan fingerprint density at radius 3 is 2.50 bits per heavy atom. The van der Waals surface area contributed by atoms with Gasteiger partial charge in [-0.3, -0.25) is 9.97 Å². The highest BCUT2D eigenvalue weighted by Gasteiger charge is 2.30. The molecule has 0 radical (unpaired) electrons. The van der Waals surface area contributed by atoms with Crippen molar-refractivity contribution in [1.29, 1.82) is 0 Å². The number of aromatic hydroxyl groups is 1. The van der Waals surface area contributed by atoms with Gasteiger partial charge in [0.2, 0.25) is 0 Å². The predicted octanol–water partition coefficient (Wildman–Crippen LogP) is 2.49. The Kier molecular flexibility index (Phi) is 4.13. The fraction of sp³-hybridized carbons (Fsp3) is 0.300. The van der Waals surface area contributed by atoms with Gasteiger partial charge in [0.05, 0.1) is 18.7 Å². The van der Waals surface area contributed by atoms with E-state index in [1.54, 1.807) is 6.20 Å². The van der Waals surface area contributed by atoms with Crippen LogP contribution in [-0.4, -0.2) is 28.2 Å². The van der Waals surface area contributed by atoms with Gasteiger partial charge in [-0.15, -0.1) is 0 Å². The van der Waals surface area contributed by atoms with E-state index in [4.69, 9.17) is 0 Å². The van der Waals surface area contributed by atoms with Crippen molar-refractivity contribution in [2.75, 3.05) is 13.1 Å². The first-order valence-electron chi connectivity index (χ1n) is 8.65. The molecular weight excluding hydrogens is 298 g/mol. The van der Waals surface area contributed by atoms with Crippen LogP contribution in [0, 0.1) is 0 Å². The molecule has 1 fully saturated rings. The molecule has 2 N–H and O–H groups in total. The summed E-state index contributed by atoms with van der Waals surface area (Å²) >= 11 is 0. The SMILES string of the molecule is Oc1c([C@H](c2ccncc2)[NH+]2CCCCC2)ccc2cccnc12. The quantitative estimate of drug-likeness (QED) is 0.779. The van der Waals surface area contributed by atoms with Crippen molar-refractivity contribution in [3.8, 4) is 5.75 Å². The van der Waals surface area contributed by atoms with E-state index in [0.717, 1.165) is 24.0 Å². The largest absolute Gasteiger partial charge is 0.505 e. The van der Waals surface area contributed by atoms with Crippen molar-refractivity contribution < 1.29 is 10.0 Å². The van der Waals surface area contributed by atoms with Crippen molar-refractivity contribution in [1.82, 2.24) is 9.97 Å². The van der Waals surface area contributed by atoms with Crippen LogP contribution in [0.25, 0.3) is 10.9 Å². The van der Waals surface area contributed by atoms with Gasteiger partial charge in [0.1, 0.15) is 11.6 Å². The van der Waals surface area contributed by atoms with E-state index in [0.29, 0.717) is 11.3 Å². The first kappa shape index (κ1) is 15.1. The molecule has 1 saturated heterocycles. The van der Waals surface area contributed by atoms with Gasteiger partial charge in [-0.05, 0) is 43.5 Å². The van der Waals surface area contributed by atoms with Gasteiger partial charge < -0.3 is 10.0 Å². The van der Waals surface area contributed by atoms with Gasteiger partial charge in [-0.1, -0.05) is 12.1 Å². The van der Waals surface area contributed by atoms with Crippen molar-refractivity contribution in [3.05, 3.63) is 66.1 Å². The molecule has 4 rings (SSSR count). The highest BCUT2D eigenvalue weighted by atomic mass is 16.3. The van der Waals surface area contributed by atoms with Crippen LogP contribution in [0.3, 0.4) is 0 Å². The zero-order chi connectivity index (χ0) is 16.4. The lowest BCUT2D eigenvalue weighted by molar-refractivity contribution is -0.930. The maximum atomic E-state index is 10.9. The number of aromatic nitrogens is 2. The maximum Gasteiger partial charge on any atom is 0.151 e. The number of likely N-dealkylation sites (tertiary alicyclic amines) is 1. The number of pyridine rings is 2. The molecular formula is C20H22N3O+. The first-order chi connectivity index (χ1) is 11.8. The molecule has 0 bridgehead atoms. The minimum absolute atomic E-state index is 0.125. The number of piperidine rings is 1. The molecule has 4 nitrogen and oxygen atoms in total. The monoisotopic (exact) mass is 320 g/mol. The van der Waals surface area contributed by atoms with E-state index in [2.05, 4.69) is 34.2 Å². The van der Waals surface area contributed by atoms with Gasteiger partial charge in [0, 0.05) is 29.5 Å². The predicted molar refractivity (Wildman–Crippen MR) is 94.0 cm³/mol. The Hall–Kier alpha value is -2.46. The Balaban J connectivity index is 1.85. The van der Waals surface area contributed by atoms with E-state index >= 15 is 0 Å². The van der Waals surface area contributed by atoms with Gasteiger partial charge in [0.25, 0.3) is 0 Å². The zero-order valence-electron chi connectivity index (χ0n) is 13.7. The van der Waals surface area contributed by atoms with Crippen LogP contribution < -0.4 is 4.90 Å². The summed E-state index contributed by atoms with van der Waals surface area (Å²) < 4.78 is 0. The highest BCUT2D eigenvalue weighted by Crippen LogP contribution is 2.33. The zero-order valence-corrected chi connectivity index (χ0v) is 13.7. The molecule has 0 spiro atoms. The lowest BCUT2D eigenvalue weighted by atomic mass is 9.94. The van der Waals surface area contributed by atoms with Crippen molar-refractivity contribution >= 4 is 10.9 Å². The normalized spacial score (nSPS) is 17.0. The van der Waals surface area contributed by atoms with Crippen LogP contribution in [-0.2, 0) is 0 Å². The van der Waals surface area contributed by atoms with Gasteiger partial charge in [-0.2, -0.15) is 0 Å². The third-order valence-electron chi connectivity index (χ3n) is 5.03. The smallest absolute Gasteiger partial charge is 0.151 e. The molecule has 0 unspecified atom stereocenters. The van der Waals surface area contributed by atoms with Crippen molar-refractivity contribution in [2.45, 2.75) is 25.3 Å². The number of quaternary nitrogens is 1. The Morgan fingerprint density at radius 2 is 1.71 bits per heavy atom. The van der Waals surface area contributed by atoms with Crippen LogP contribution in [0.2, 0.25) is 0 Å². The van der Waals surface area contributed by atoms with Crippen LogP contribution in [0.1, 0.15) is 36.4 Å². The van der Waals surface area contributed by atoms with E-state index in [-0.39, 0.29) is 6.04 Å². The van der Waals surface area contributed by atoms with E-state index in [9.17, 15) is 5.11 Å². The molecule has 3 aromatic rings. The molecule has 1 aromatic carbocycles. The van der Waals surface area contributed by atoms with Crippen LogP contribution in [0.4, 0.5) is 0 Å². The lowest BCUT2D eigenvalue weighted by Gasteiger charge is -2.32. The van der Waals surface area contributed by atoms with Crippen LogP contribution >= 0.6 is 0 Å². The number of rotatable bonds is 3. The second kappa shape index (κ2) is 6.57. The summed E-state index contributed by atoms with van der Waals surface area (Å²) in [5, 5.41) is 11.9. The summed E-state index contributed by atoms with van der Waals surface area (Å²) in [6, 6.07) is 12.3. The molecule has 0 amide bonds. The standard InChI is InChI=1S/C20H21N3O/c24-20-17(7-6-15-5-4-10-22-18(15)20)19(16-8-11-21-12-9-16)23-13-2-1-3-14-23/h4-12,19,24H,1-3,13-14H2/p+1/t19-/m0/s1. The number of nitrogens with one attached hydrogen (secondary N) is 1. The Labute approximate surface area is 141 Å². The second-order valence-corrected chi connectivity index (χ2v) is 6.51. The topological polar surface area (TPSA) is 50.5 Å². The number of benzene rings is 1. The molecule has 1 atom stereocenters. The summed E-state index contributed by atoms with van der Waals surface area (Å²) in [4.78, 5) is 10.1. The first-order valence-corrected chi connectivity index (χ1v) is 8.65. The molecule has 3 heterocycles. The number of fused-ring (bicyclic) bond motifs is 1. The van der Waals surface area contributed by atoms with Crippen molar-refractivity contribution in [3.63, 3.8) is 0 Å². The number of phenolic OH excluding ortho intramolecular Hbond substituents is 1. The van der Waals surface area contributed by atoms with Crippen LogP contribution in [0.15, 0.2) is 55.0 Å². The summed E-state index contributed by atoms with van der Waals surface area (Å²) in [5.41, 5.74) is 2.85. The summed E-state index contributed by atoms with van der Waals surface area (Å²) in [5.74, 6) is 0.313. The third kappa shape index (κ3) is 2.74. The molecule has 4 heteroatoms. The average Bonchev–Trinajstić information content (AvgIpc) is 2.66. The minimum atomic E-state index is 0.125. The molecule has 1 aliphatic rings. The van der Waals surface area contributed by atoms with Crippen LogP contribution in [0.5, 0.6) is 5.75 Å². The van der Waals surface area contributed by atoms with E-state index in [1.807, 2.05) is 24.5 Å². The third-order valence-corrected chi connectivity index (χ3v) is 5.03. The van der Waals surface area contributed by atoms with Gasteiger partial charge >= 0.3 is 0 Å². The number of nitrogens with zero attached hydrogens (tertiary/aromatic N) is 2. The Bertz CT molecular complexity index is 829. The molecule has 0 aliphatic carbocycles. The summed E-state index contributed by atoms with van der Waals surface area (Å²) in [6.07, 6.45) is 9.19. The summed E-state index contributed by atoms with van der Waals surface area (Å²) in [6.45, 7) is 2.26. The maximum absolute atomic E-state index is 10.9. The number of phenols is 1. The Morgan fingerprint density at radius 1 is 0.917 bits per heavy atom. The van der Waals surface area contributed by atoms with Gasteiger partial charge in [0.15, 0.2) is 5.75 Å². The fourth-order valence-electron chi connectivity index (χ4n) is 3.86. The molecule has 24 heavy (non-hydrogen) atoms. The molecule has 122 valence electrons. The van der Waals surface area contributed by atoms with E-state index < -0.39 is 0 Å². The van der Waals surface area contributed by atoms with Crippen molar-refractivity contribution in [2.24, 2.45) is 0 Å². The molecule has 2 aromatic heterocycles. The second-order valence-electron chi connectivity index (χ2n) is 6.51. The number of hydrogen-bond donors (Lipinski definition) is 2. The molecule has 1 aliphatic heterocycles. The highest BCUT2D eigenvalue weighted by molar-refractivity contribution is 5.85. The lowest BCUT2D eigenvalue weighted by Crippen LogP contribution is -3.13. The number of hydrogen-bond acceptors (Lipinski definition) is 3. The summed E-state index contributed by atoms with van der Waals surface area (Å²) in [7, 11) is 0.